The van der Waals surface area contributed by atoms with Gasteiger partial charge in [0.05, 0.1) is 16.7 Å². The Balaban J connectivity index is 1.40. The van der Waals surface area contributed by atoms with E-state index in [0.29, 0.717) is 0 Å². The Morgan fingerprint density at radius 2 is 1.30 bits per heavy atom. The second kappa shape index (κ2) is 16.1. The van der Waals surface area contributed by atoms with E-state index in [9.17, 15) is 0 Å². The van der Waals surface area contributed by atoms with Crippen LogP contribution in [0.15, 0.2) is 219 Å². The Kier molecular flexibility index (Phi) is 10.3. The molecule has 0 aliphatic carbocycles. The van der Waals surface area contributed by atoms with Gasteiger partial charge in [-0.15, -0.1) is 0 Å². The van der Waals surface area contributed by atoms with E-state index in [-0.39, 0.29) is 0 Å². The van der Waals surface area contributed by atoms with Crippen molar-refractivity contribution in [1.29, 1.82) is 0 Å². The van der Waals surface area contributed by atoms with Crippen molar-refractivity contribution in [3.05, 3.63) is 231 Å². The lowest BCUT2D eigenvalue weighted by atomic mass is 9.95. The summed E-state index contributed by atoms with van der Waals surface area (Å²) in [4.78, 5) is 2.39. The first-order valence-corrected chi connectivity index (χ1v) is 19.1. The Morgan fingerprint density at radius 3 is 2.05 bits per heavy atom. The van der Waals surface area contributed by atoms with Gasteiger partial charge in [0.25, 0.3) is 0 Å². The average molecular weight is 721 g/mol. The molecule has 2 nitrogen and oxygen atoms in total. The highest BCUT2D eigenvalue weighted by molar-refractivity contribution is 6.19. The van der Waals surface area contributed by atoms with Gasteiger partial charge in [-0.25, -0.2) is 0 Å². The lowest BCUT2D eigenvalue weighted by Crippen LogP contribution is -2.12. The van der Waals surface area contributed by atoms with E-state index >= 15 is 0 Å². The van der Waals surface area contributed by atoms with Crippen LogP contribution in [-0.4, -0.2) is 4.57 Å². The highest BCUT2D eigenvalue weighted by atomic mass is 15.1. The van der Waals surface area contributed by atoms with Gasteiger partial charge in [0, 0.05) is 38.8 Å². The molecular weight excluding hydrogens is 677 g/mol. The molecule has 8 rings (SSSR count). The summed E-state index contributed by atoms with van der Waals surface area (Å²) in [5.41, 5.74) is 13.2. The van der Waals surface area contributed by atoms with Crippen LogP contribution in [-0.2, 0) is 0 Å². The fourth-order valence-electron chi connectivity index (χ4n) is 7.70. The summed E-state index contributed by atoms with van der Waals surface area (Å²) < 4.78 is 2.42. The molecule has 56 heavy (non-hydrogen) atoms. The number of fused-ring (bicyclic) bond motifs is 5. The van der Waals surface area contributed by atoms with Crippen LogP contribution in [0.3, 0.4) is 0 Å². The van der Waals surface area contributed by atoms with Crippen molar-refractivity contribution in [2.75, 3.05) is 4.90 Å². The van der Waals surface area contributed by atoms with E-state index in [2.05, 4.69) is 212 Å². The van der Waals surface area contributed by atoms with Gasteiger partial charge in [-0.1, -0.05) is 165 Å². The molecule has 0 bridgehead atoms. The number of nitrogens with zero attached hydrogens (tertiary/aromatic N) is 2. The number of benzene rings is 7. The summed E-state index contributed by atoms with van der Waals surface area (Å²) in [6, 6.07) is 56.9. The largest absolute Gasteiger partial charge is 0.310 e. The zero-order valence-electron chi connectivity index (χ0n) is 31.9. The molecule has 270 valence electrons. The molecule has 0 saturated heterocycles. The van der Waals surface area contributed by atoms with Gasteiger partial charge < -0.3 is 9.47 Å². The summed E-state index contributed by atoms with van der Waals surface area (Å²) >= 11 is 0. The van der Waals surface area contributed by atoms with Gasteiger partial charge in [-0.2, -0.15) is 0 Å². The molecule has 0 N–H and O–H groups in total. The van der Waals surface area contributed by atoms with E-state index < -0.39 is 0 Å². The molecule has 0 aliphatic rings. The number of anilines is 3. The molecule has 0 fully saturated rings. The average Bonchev–Trinajstić information content (AvgIpc) is 3.59. The lowest BCUT2D eigenvalue weighted by Gasteiger charge is -2.29. The minimum Gasteiger partial charge on any atom is -0.310 e. The molecule has 0 saturated carbocycles. The predicted molar refractivity (Wildman–Crippen MR) is 244 cm³/mol. The number of hydrogen-bond donors (Lipinski definition) is 0. The second-order valence-corrected chi connectivity index (χ2v) is 13.8. The highest BCUT2D eigenvalue weighted by Crippen LogP contribution is 2.44. The monoisotopic (exact) mass is 720 g/mol. The van der Waals surface area contributed by atoms with Crippen molar-refractivity contribution in [2.24, 2.45) is 0 Å². The van der Waals surface area contributed by atoms with Gasteiger partial charge in [-0.05, 0) is 102 Å². The molecule has 8 aromatic rings. The molecule has 0 aliphatic heterocycles. The maximum absolute atomic E-state index is 4.44. The highest BCUT2D eigenvalue weighted by Gasteiger charge is 2.22. The maximum atomic E-state index is 4.44. The van der Waals surface area contributed by atoms with E-state index in [1.165, 1.54) is 38.2 Å². The fraction of sp³-hybridized carbons (Fsp3) is 0.0370. The van der Waals surface area contributed by atoms with Crippen LogP contribution in [0.2, 0.25) is 0 Å². The topological polar surface area (TPSA) is 8.17 Å². The van der Waals surface area contributed by atoms with Crippen molar-refractivity contribution in [2.45, 2.75) is 13.8 Å². The Morgan fingerprint density at radius 1 is 0.589 bits per heavy atom. The van der Waals surface area contributed by atoms with E-state index in [1.54, 1.807) is 0 Å². The van der Waals surface area contributed by atoms with Crippen molar-refractivity contribution < 1.29 is 0 Å². The van der Waals surface area contributed by atoms with Crippen LogP contribution < -0.4 is 4.90 Å². The smallest absolute Gasteiger partial charge is 0.0619 e. The van der Waals surface area contributed by atoms with Crippen LogP contribution in [0.5, 0.6) is 0 Å². The summed E-state index contributed by atoms with van der Waals surface area (Å²) in [5, 5.41) is 4.85. The zero-order chi connectivity index (χ0) is 38.4. The van der Waals surface area contributed by atoms with Crippen LogP contribution in [0, 0.1) is 0 Å². The molecule has 0 spiro atoms. The molecule has 2 heteroatoms. The summed E-state index contributed by atoms with van der Waals surface area (Å²) in [7, 11) is 0. The maximum Gasteiger partial charge on any atom is 0.0619 e. The number of hydrogen-bond acceptors (Lipinski definition) is 1. The normalized spacial score (nSPS) is 12.1. The summed E-state index contributed by atoms with van der Waals surface area (Å²) in [5.74, 6) is 0. The number of para-hydroxylation sites is 1. The Hall–Kier alpha value is -7.16. The van der Waals surface area contributed by atoms with Gasteiger partial charge in [-0.3, -0.25) is 0 Å². The molecule has 0 radical (unpaired) electrons. The first-order valence-electron chi connectivity index (χ1n) is 19.1. The van der Waals surface area contributed by atoms with Crippen molar-refractivity contribution in [3.63, 3.8) is 0 Å². The summed E-state index contributed by atoms with van der Waals surface area (Å²) in [6.07, 6.45) is 16.3. The van der Waals surface area contributed by atoms with E-state index in [1.807, 2.05) is 31.2 Å². The van der Waals surface area contributed by atoms with Crippen LogP contribution in [0.1, 0.15) is 25.0 Å². The van der Waals surface area contributed by atoms with E-state index in [4.69, 9.17) is 0 Å². The molecule has 0 unspecified atom stereocenters. The predicted octanol–water partition coefficient (Wildman–Crippen LogP) is 15.4. The molecule has 0 amide bonds. The zero-order valence-corrected chi connectivity index (χ0v) is 31.9. The van der Waals surface area contributed by atoms with Crippen LogP contribution in [0.4, 0.5) is 17.1 Å². The number of rotatable bonds is 11. The SMILES string of the molecule is C=C/C=C(\C=C/C)c1cc(C(=C)/C=C\C=C/C)ccc1N(c1ccc(-c2ccccc2)cc1)c1ccc2c(c1)c1ccc3ccccc3c1n2-c1ccccc1. The third kappa shape index (κ3) is 6.85. The summed E-state index contributed by atoms with van der Waals surface area (Å²) in [6.45, 7) is 12.6. The van der Waals surface area contributed by atoms with Gasteiger partial charge in [0.1, 0.15) is 0 Å². The minimum absolute atomic E-state index is 0.940. The third-order valence-electron chi connectivity index (χ3n) is 10.3. The minimum atomic E-state index is 0.940. The van der Waals surface area contributed by atoms with Gasteiger partial charge in [0.2, 0.25) is 0 Å². The van der Waals surface area contributed by atoms with Crippen LogP contribution in [0.25, 0.3) is 60.5 Å². The van der Waals surface area contributed by atoms with E-state index in [0.717, 1.165) is 50.5 Å². The molecule has 1 aromatic heterocycles. The van der Waals surface area contributed by atoms with Crippen LogP contribution >= 0.6 is 0 Å². The molecular formula is C54H44N2. The van der Waals surface area contributed by atoms with Crippen molar-refractivity contribution in [3.8, 4) is 16.8 Å². The molecule has 7 aromatic carbocycles. The Bertz CT molecular complexity index is 2830. The quantitative estimate of drug-likeness (QED) is 0.121. The van der Waals surface area contributed by atoms with Gasteiger partial charge >= 0.3 is 0 Å². The first-order chi connectivity index (χ1) is 27.6. The fourth-order valence-corrected chi connectivity index (χ4v) is 7.70. The second-order valence-electron chi connectivity index (χ2n) is 13.8. The van der Waals surface area contributed by atoms with Crippen molar-refractivity contribution >= 4 is 60.8 Å². The standard InChI is InChI=1S/C54H44N2/c1-5-8-11-20-39(4)44-30-35-52(50(37-44)42(18-6-2)19-7-3)55(46-31-27-41(28-32-46)40-21-12-9-13-22-40)47-33-36-53-51(38-47)49-34-29-43-23-16-17-26-48(43)54(49)56(53)45-24-14-10-15-25-45/h5-38H,2,4H2,1,3H3/b8-5-,19-7-,20-11-,42-18+. The number of aromatic nitrogens is 1. The first kappa shape index (κ1) is 35.8. The third-order valence-corrected chi connectivity index (χ3v) is 10.3. The Labute approximate surface area is 330 Å². The number of allylic oxidation sites excluding steroid dienone is 10. The lowest BCUT2D eigenvalue weighted by molar-refractivity contribution is 1.18. The van der Waals surface area contributed by atoms with Gasteiger partial charge in [0.15, 0.2) is 0 Å². The molecule has 0 atom stereocenters. The van der Waals surface area contributed by atoms with Crippen molar-refractivity contribution in [1.82, 2.24) is 4.57 Å². The molecule has 1 heterocycles.